The Morgan fingerprint density at radius 3 is 2.83 bits per heavy atom. The van der Waals surface area contributed by atoms with Crippen molar-refractivity contribution in [3.8, 4) is 12.3 Å². The fourth-order valence-electron chi connectivity index (χ4n) is 2.09. The third kappa shape index (κ3) is 2.07. The second-order valence-corrected chi connectivity index (χ2v) is 4.17. The summed E-state index contributed by atoms with van der Waals surface area (Å²) in [5.74, 6) is 2.28. The van der Waals surface area contributed by atoms with E-state index in [4.69, 9.17) is 6.42 Å². The molecular weight excluding hydrogens is 228 g/mol. The lowest BCUT2D eigenvalue weighted by Crippen LogP contribution is -2.28. The number of nitrogens with zero attached hydrogens (tertiary/aromatic N) is 1. The summed E-state index contributed by atoms with van der Waals surface area (Å²) in [4.78, 5) is 25.3. The molecule has 4 heteroatoms. The highest BCUT2D eigenvalue weighted by Crippen LogP contribution is 2.27. The highest BCUT2D eigenvalue weighted by Gasteiger charge is 2.31. The number of rotatable bonds is 2. The Bertz CT molecular complexity index is 531. The summed E-state index contributed by atoms with van der Waals surface area (Å²) in [7, 11) is 1.56. The largest absolute Gasteiger partial charge is 0.355 e. The van der Waals surface area contributed by atoms with Gasteiger partial charge in [0.15, 0.2) is 0 Å². The maximum absolute atomic E-state index is 11.9. The number of para-hydroxylation sites is 1. The van der Waals surface area contributed by atoms with E-state index in [1.165, 1.54) is 0 Å². The molecule has 1 aliphatic rings. The van der Waals surface area contributed by atoms with E-state index in [9.17, 15) is 9.59 Å². The van der Waals surface area contributed by atoms with Crippen LogP contribution in [0.15, 0.2) is 24.3 Å². The zero-order chi connectivity index (χ0) is 13.1. The van der Waals surface area contributed by atoms with Crippen LogP contribution in [0.1, 0.15) is 16.8 Å². The first kappa shape index (κ1) is 12.2. The van der Waals surface area contributed by atoms with Crippen molar-refractivity contribution in [1.29, 1.82) is 0 Å². The summed E-state index contributed by atoms with van der Waals surface area (Å²) in [6, 6.07) is 7.04. The van der Waals surface area contributed by atoms with Gasteiger partial charge in [-0.25, -0.2) is 0 Å². The molecular formula is C14H14N2O2. The molecule has 1 N–H and O–H groups in total. The summed E-state index contributed by atoms with van der Waals surface area (Å²) in [6.07, 6.45) is 5.70. The smallest absolute Gasteiger partial charge is 0.253 e. The first-order chi connectivity index (χ1) is 8.67. The summed E-state index contributed by atoms with van der Waals surface area (Å²) < 4.78 is 0. The fourth-order valence-corrected chi connectivity index (χ4v) is 2.09. The number of terminal acetylenes is 1. The van der Waals surface area contributed by atoms with Gasteiger partial charge in [-0.05, 0) is 12.1 Å². The zero-order valence-electron chi connectivity index (χ0n) is 10.1. The third-order valence-corrected chi connectivity index (χ3v) is 3.03. The Balaban J connectivity index is 2.37. The molecule has 0 bridgehead atoms. The van der Waals surface area contributed by atoms with E-state index in [2.05, 4.69) is 11.2 Å². The second-order valence-electron chi connectivity index (χ2n) is 4.17. The van der Waals surface area contributed by atoms with Crippen LogP contribution >= 0.6 is 0 Å². The molecule has 0 radical (unpaired) electrons. The number of nitrogens with one attached hydrogen (secondary N) is 1. The molecule has 1 saturated heterocycles. The van der Waals surface area contributed by atoms with Crippen molar-refractivity contribution < 1.29 is 9.59 Å². The maximum atomic E-state index is 11.9. The van der Waals surface area contributed by atoms with Gasteiger partial charge >= 0.3 is 0 Å². The normalized spacial score (nSPS) is 18.6. The van der Waals surface area contributed by atoms with Crippen molar-refractivity contribution in [3.05, 3.63) is 29.8 Å². The molecule has 0 aliphatic carbocycles. The molecule has 92 valence electrons. The Hall–Kier alpha value is -2.28. The number of carbonyl (C=O) groups excluding carboxylic acids is 2. The van der Waals surface area contributed by atoms with E-state index in [-0.39, 0.29) is 17.7 Å². The van der Waals surface area contributed by atoms with Crippen LogP contribution in [0, 0.1) is 18.3 Å². The molecule has 1 fully saturated rings. The lowest BCUT2D eigenvalue weighted by atomic mass is 10.1. The molecule has 2 rings (SSSR count). The van der Waals surface area contributed by atoms with Crippen molar-refractivity contribution in [2.45, 2.75) is 6.42 Å². The van der Waals surface area contributed by atoms with Gasteiger partial charge in [0, 0.05) is 25.9 Å². The molecule has 1 aliphatic heterocycles. The molecule has 0 aromatic heterocycles. The van der Waals surface area contributed by atoms with Gasteiger partial charge in [0.1, 0.15) is 0 Å². The monoisotopic (exact) mass is 242 g/mol. The van der Waals surface area contributed by atoms with Crippen molar-refractivity contribution in [3.63, 3.8) is 0 Å². The topological polar surface area (TPSA) is 49.4 Å². The van der Waals surface area contributed by atoms with Crippen LogP contribution in [-0.4, -0.2) is 25.4 Å². The maximum Gasteiger partial charge on any atom is 0.253 e. The van der Waals surface area contributed by atoms with Crippen LogP contribution in [0.25, 0.3) is 0 Å². The van der Waals surface area contributed by atoms with E-state index in [0.29, 0.717) is 24.2 Å². The summed E-state index contributed by atoms with van der Waals surface area (Å²) in [5, 5.41) is 2.57. The minimum Gasteiger partial charge on any atom is -0.355 e. The van der Waals surface area contributed by atoms with Crippen LogP contribution in [0.4, 0.5) is 5.69 Å². The van der Waals surface area contributed by atoms with Crippen LogP contribution < -0.4 is 10.2 Å². The number of hydrogen-bond donors (Lipinski definition) is 1. The fraction of sp³-hybridized carbons (Fsp3) is 0.286. The number of hydrogen-bond acceptors (Lipinski definition) is 2. The lowest BCUT2D eigenvalue weighted by Gasteiger charge is -2.19. The van der Waals surface area contributed by atoms with Crippen LogP contribution in [0.3, 0.4) is 0 Å². The first-order valence-electron chi connectivity index (χ1n) is 5.75. The van der Waals surface area contributed by atoms with Gasteiger partial charge in [0.05, 0.1) is 11.3 Å². The second kappa shape index (κ2) is 4.92. The average Bonchev–Trinajstić information content (AvgIpc) is 2.79. The molecule has 1 aromatic rings. The van der Waals surface area contributed by atoms with Gasteiger partial charge in [-0.1, -0.05) is 12.1 Å². The molecule has 4 nitrogen and oxygen atoms in total. The molecule has 18 heavy (non-hydrogen) atoms. The number of amides is 2. The van der Waals surface area contributed by atoms with E-state index in [0.717, 1.165) is 0 Å². The highest BCUT2D eigenvalue weighted by molar-refractivity contribution is 6.05. The molecule has 0 spiro atoms. The average molecular weight is 242 g/mol. The Morgan fingerprint density at radius 2 is 2.22 bits per heavy atom. The van der Waals surface area contributed by atoms with Gasteiger partial charge in [0.25, 0.3) is 5.91 Å². The number of benzene rings is 1. The third-order valence-electron chi connectivity index (χ3n) is 3.03. The minimum absolute atomic E-state index is 0.0331. The summed E-state index contributed by atoms with van der Waals surface area (Å²) in [6.45, 7) is 0.476. The van der Waals surface area contributed by atoms with Gasteiger partial charge < -0.3 is 10.2 Å². The van der Waals surface area contributed by atoms with Crippen LogP contribution in [-0.2, 0) is 4.79 Å². The molecule has 0 saturated carbocycles. The highest BCUT2D eigenvalue weighted by atomic mass is 16.2. The van der Waals surface area contributed by atoms with Gasteiger partial charge in [0.2, 0.25) is 5.91 Å². The van der Waals surface area contributed by atoms with E-state index in [1.54, 1.807) is 36.2 Å². The Labute approximate surface area is 106 Å². The van der Waals surface area contributed by atoms with Crippen molar-refractivity contribution in [2.24, 2.45) is 5.92 Å². The van der Waals surface area contributed by atoms with Crippen molar-refractivity contribution in [1.82, 2.24) is 5.32 Å². The summed E-state index contributed by atoms with van der Waals surface area (Å²) >= 11 is 0. The van der Waals surface area contributed by atoms with Gasteiger partial charge in [-0.15, -0.1) is 12.3 Å². The van der Waals surface area contributed by atoms with Crippen LogP contribution in [0.5, 0.6) is 0 Å². The van der Waals surface area contributed by atoms with E-state index >= 15 is 0 Å². The van der Waals surface area contributed by atoms with Gasteiger partial charge in [-0.3, -0.25) is 9.59 Å². The Kier molecular flexibility index (Phi) is 3.33. The molecule has 1 heterocycles. The predicted octanol–water partition coefficient (Wildman–Crippen LogP) is 1.03. The molecule has 1 atom stereocenters. The molecule has 2 amide bonds. The van der Waals surface area contributed by atoms with Crippen LogP contribution in [0.2, 0.25) is 0 Å². The van der Waals surface area contributed by atoms with Gasteiger partial charge in [-0.2, -0.15) is 0 Å². The standard InChI is InChI=1S/C14H14N2O2/c1-3-10-8-13(17)16(9-10)12-7-5-4-6-11(12)14(18)15-2/h1,4-7,10H,8-9H2,2H3,(H,15,18). The van der Waals surface area contributed by atoms with Crippen molar-refractivity contribution in [2.75, 3.05) is 18.5 Å². The number of carbonyl (C=O) groups is 2. The first-order valence-corrected chi connectivity index (χ1v) is 5.75. The Morgan fingerprint density at radius 1 is 1.50 bits per heavy atom. The predicted molar refractivity (Wildman–Crippen MR) is 69.1 cm³/mol. The quantitative estimate of drug-likeness (QED) is 0.787. The van der Waals surface area contributed by atoms with E-state index < -0.39 is 0 Å². The van der Waals surface area contributed by atoms with Crippen molar-refractivity contribution >= 4 is 17.5 Å². The number of anilines is 1. The summed E-state index contributed by atoms with van der Waals surface area (Å²) in [5.41, 5.74) is 1.12. The molecule has 1 aromatic carbocycles. The zero-order valence-corrected chi connectivity index (χ0v) is 10.1. The molecule has 1 unspecified atom stereocenters. The minimum atomic E-state index is -0.206. The van der Waals surface area contributed by atoms with E-state index in [1.807, 2.05) is 0 Å². The lowest BCUT2D eigenvalue weighted by molar-refractivity contribution is -0.117. The SMILES string of the molecule is C#CC1CC(=O)N(c2ccccc2C(=O)NC)C1.